The number of halogens is 1. The number of carbonyl (C=O) groups excluding carboxylic acids is 1. The molecule has 1 aromatic rings. The SMILES string of the molecule is Cl.O=C(NC1CCNC1)c1cccc(S(=O)(=O)N2CCCCCC2)c1. The van der Waals surface area contributed by atoms with E-state index in [0.29, 0.717) is 18.7 Å². The first-order valence-electron chi connectivity index (χ1n) is 8.69. The highest BCUT2D eigenvalue weighted by Gasteiger charge is 2.26. The summed E-state index contributed by atoms with van der Waals surface area (Å²) in [6.07, 6.45) is 4.84. The van der Waals surface area contributed by atoms with Crippen LogP contribution in [0.2, 0.25) is 0 Å². The third kappa shape index (κ3) is 4.94. The van der Waals surface area contributed by atoms with Gasteiger partial charge in [-0.05, 0) is 44.0 Å². The van der Waals surface area contributed by atoms with Crippen molar-refractivity contribution in [2.45, 2.75) is 43.0 Å². The normalized spacial score (nSPS) is 22.0. The Hall–Kier alpha value is -1.15. The van der Waals surface area contributed by atoms with Crippen LogP contribution in [0.3, 0.4) is 0 Å². The highest BCUT2D eigenvalue weighted by molar-refractivity contribution is 7.89. The molecule has 2 aliphatic heterocycles. The van der Waals surface area contributed by atoms with Crippen molar-refractivity contribution in [2.75, 3.05) is 26.2 Å². The van der Waals surface area contributed by atoms with Gasteiger partial charge in [-0.1, -0.05) is 18.9 Å². The third-order valence-electron chi connectivity index (χ3n) is 4.69. The lowest BCUT2D eigenvalue weighted by atomic mass is 10.2. The summed E-state index contributed by atoms with van der Waals surface area (Å²) in [7, 11) is -3.53. The van der Waals surface area contributed by atoms with E-state index in [2.05, 4.69) is 10.6 Å². The molecule has 0 bridgehead atoms. The van der Waals surface area contributed by atoms with Gasteiger partial charge in [-0.3, -0.25) is 4.79 Å². The van der Waals surface area contributed by atoms with Gasteiger partial charge in [0.2, 0.25) is 10.0 Å². The first-order chi connectivity index (χ1) is 11.6. The van der Waals surface area contributed by atoms with Crippen LogP contribution in [0.4, 0.5) is 0 Å². The second kappa shape index (κ2) is 8.98. The van der Waals surface area contributed by atoms with Crippen molar-refractivity contribution in [1.29, 1.82) is 0 Å². The third-order valence-corrected chi connectivity index (χ3v) is 6.59. The van der Waals surface area contributed by atoms with E-state index >= 15 is 0 Å². The zero-order chi connectivity index (χ0) is 17.0. The van der Waals surface area contributed by atoms with Crippen molar-refractivity contribution in [3.8, 4) is 0 Å². The molecular weight excluding hydrogens is 362 g/mol. The van der Waals surface area contributed by atoms with Crippen molar-refractivity contribution < 1.29 is 13.2 Å². The second-order valence-corrected chi connectivity index (χ2v) is 8.45. The Kier molecular flexibility index (Phi) is 7.25. The Morgan fingerprint density at radius 1 is 1.16 bits per heavy atom. The van der Waals surface area contributed by atoms with Crippen molar-refractivity contribution >= 4 is 28.3 Å². The van der Waals surface area contributed by atoms with Gasteiger partial charge in [0.15, 0.2) is 0 Å². The van der Waals surface area contributed by atoms with Gasteiger partial charge in [0, 0.05) is 31.2 Å². The molecule has 3 rings (SSSR count). The summed E-state index contributed by atoms with van der Waals surface area (Å²) in [6.45, 7) is 2.78. The van der Waals surface area contributed by atoms with E-state index < -0.39 is 10.0 Å². The van der Waals surface area contributed by atoms with E-state index in [4.69, 9.17) is 0 Å². The highest BCUT2D eigenvalue weighted by atomic mass is 35.5. The number of rotatable bonds is 4. The Morgan fingerprint density at radius 3 is 2.52 bits per heavy atom. The molecule has 0 radical (unpaired) electrons. The van der Waals surface area contributed by atoms with Gasteiger partial charge in [-0.2, -0.15) is 4.31 Å². The fraction of sp³-hybridized carbons (Fsp3) is 0.588. The van der Waals surface area contributed by atoms with Gasteiger partial charge in [0.05, 0.1) is 4.90 Å². The first-order valence-corrected chi connectivity index (χ1v) is 10.1. The summed E-state index contributed by atoms with van der Waals surface area (Å²) in [5.74, 6) is -0.211. The van der Waals surface area contributed by atoms with Crippen LogP contribution in [0.15, 0.2) is 29.2 Å². The number of nitrogens with zero attached hydrogens (tertiary/aromatic N) is 1. The maximum atomic E-state index is 12.8. The average Bonchev–Trinajstić information content (AvgIpc) is 2.93. The lowest BCUT2D eigenvalue weighted by molar-refractivity contribution is 0.0940. The monoisotopic (exact) mass is 387 g/mol. The number of nitrogens with one attached hydrogen (secondary N) is 2. The summed E-state index contributed by atoms with van der Waals surface area (Å²) in [4.78, 5) is 12.6. The Balaban J connectivity index is 0.00000225. The number of carbonyl (C=O) groups is 1. The quantitative estimate of drug-likeness (QED) is 0.825. The van der Waals surface area contributed by atoms with Crippen LogP contribution >= 0.6 is 12.4 Å². The number of hydrogen-bond donors (Lipinski definition) is 2. The molecule has 1 amide bonds. The predicted octanol–water partition coefficient (Wildman–Crippen LogP) is 1.76. The fourth-order valence-electron chi connectivity index (χ4n) is 3.28. The van der Waals surface area contributed by atoms with E-state index in [1.807, 2.05) is 0 Å². The van der Waals surface area contributed by atoms with Crippen LogP contribution in [-0.2, 0) is 10.0 Å². The van der Waals surface area contributed by atoms with Gasteiger partial charge in [-0.15, -0.1) is 12.4 Å². The van der Waals surface area contributed by atoms with Crippen molar-refractivity contribution in [3.05, 3.63) is 29.8 Å². The molecule has 8 heteroatoms. The summed E-state index contributed by atoms with van der Waals surface area (Å²) < 4.78 is 27.2. The van der Waals surface area contributed by atoms with Gasteiger partial charge in [-0.25, -0.2) is 8.42 Å². The Labute approximate surface area is 155 Å². The molecule has 0 saturated carbocycles. The van der Waals surface area contributed by atoms with Crippen molar-refractivity contribution in [1.82, 2.24) is 14.9 Å². The molecule has 2 saturated heterocycles. The summed E-state index contributed by atoms with van der Waals surface area (Å²) >= 11 is 0. The first kappa shape index (κ1) is 20.2. The molecule has 2 heterocycles. The number of hydrogen-bond acceptors (Lipinski definition) is 4. The van der Waals surface area contributed by atoms with Crippen LogP contribution in [0.5, 0.6) is 0 Å². The molecule has 6 nitrogen and oxygen atoms in total. The van der Waals surface area contributed by atoms with Gasteiger partial charge < -0.3 is 10.6 Å². The molecule has 1 aromatic carbocycles. The molecular formula is C17H26ClN3O3S. The van der Waals surface area contributed by atoms with E-state index in [1.165, 1.54) is 6.07 Å². The Morgan fingerprint density at radius 2 is 1.88 bits per heavy atom. The smallest absolute Gasteiger partial charge is 0.251 e. The topological polar surface area (TPSA) is 78.5 Å². The minimum Gasteiger partial charge on any atom is -0.348 e. The molecule has 2 fully saturated rings. The maximum absolute atomic E-state index is 12.8. The fourth-order valence-corrected chi connectivity index (χ4v) is 4.84. The maximum Gasteiger partial charge on any atom is 0.251 e. The van der Waals surface area contributed by atoms with Gasteiger partial charge in [0.1, 0.15) is 0 Å². The highest BCUT2D eigenvalue weighted by Crippen LogP contribution is 2.21. The predicted molar refractivity (Wildman–Crippen MR) is 99.7 cm³/mol. The molecule has 0 aliphatic carbocycles. The lowest BCUT2D eigenvalue weighted by Gasteiger charge is -2.20. The number of benzene rings is 1. The minimum atomic E-state index is -3.53. The lowest BCUT2D eigenvalue weighted by Crippen LogP contribution is -2.36. The summed E-state index contributed by atoms with van der Waals surface area (Å²) in [5.41, 5.74) is 0.401. The van der Waals surface area contributed by atoms with E-state index in [-0.39, 0.29) is 29.3 Å². The van der Waals surface area contributed by atoms with E-state index in [1.54, 1.807) is 22.5 Å². The average molecular weight is 388 g/mol. The van der Waals surface area contributed by atoms with Gasteiger partial charge >= 0.3 is 0 Å². The van der Waals surface area contributed by atoms with Crippen LogP contribution in [0, 0.1) is 0 Å². The van der Waals surface area contributed by atoms with Crippen LogP contribution in [0.1, 0.15) is 42.5 Å². The molecule has 25 heavy (non-hydrogen) atoms. The van der Waals surface area contributed by atoms with Crippen LogP contribution in [0.25, 0.3) is 0 Å². The minimum absolute atomic E-state index is 0. The molecule has 2 aliphatic rings. The van der Waals surface area contributed by atoms with Crippen molar-refractivity contribution in [2.24, 2.45) is 0 Å². The zero-order valence-electron chi connectivity index (χ0n) is 14.2. The molecule has 140 valence electrons. The van der Waals surface area contributed by atoms with Crippen LogP contribution < -0.4 is 10.6 Å². The van der Waals surface area contributed by atoms with E-state index in [0.717, 1.165) is 45.2 Å². The molecule has 0 aromatic heterocycles. The summed E-state index contributed by atoms with van der Waals surface area (Å²) in [6, 6.07) is 6.50. The summed E-state index contributed by atoms with van der Waals surface area (Å²) in [5, 5.41) is 6.15. The molecule has 1 unspecified atom stereocenters. The largest absolute Gasteiger partial charge is 0.348 e. The standard InChI is InChI=1S/C17H25N3O3S.ClH/c21-17(19-15-8-9-18-13-15)14-6-5-7-16(12-14)24(22,23)20-10-3-1-2-4-11-20;/h5-7,12,15,18H,1-4,8-11,13H2,(H,19,21);1H. The van der Waals surface area contributed by atoms with E-state index in [9.17, 15) is 13.2 Å². The van der Waals surface area contributed by atoms with Crippen molar-refractivity contribution in [3.63, 3.8) is 0 Å². The number of sulfonamides is 1. The zero-order valence-corrected chi connectivity index (χ0v) is 15.9. The van der Waals surface area contributed by atoms with Gasteiger partial charge in [0.25, 0.3) is 5.91 Å². The molecule has 2 N–H and O–H groups in total. The molecule has 1 atom stereocenters. The molecule has 0 spiro atoms. The Bertz CT molecular complexity index is 682. The number of amides is 1. The second-order valence-electron chi connectivity index (χ2n) is 6.51. The van der Waals surface area contributed by atoms with Crippen LogP contribution in [-0.4, -0.2) is 50.9 Å².